The van der Waals surface area contributed by atoms with Gasteiger partial charge in [-0.2, -0.15) is 0 Å². The third-order valence-corrected chi connectivity index (χ3v) is 6.95. The van der Waals surface area contributed by atoms with Crippen molar-refractivity contribution in [3.8, 4) is 16.3 Å². The number of carbonyl (C=O) groups excluding carboxylic acids is 2. The van der Waals surface area contributed by atoms with E-state index in [1.54, 1.807) is 0 Å². The van der Waals surface area contributed by atoms with Crippen molar-refractivity contribution in [1.82, 2.24) is 19.7 Å². The quantitative estimate of drug-likeness (QED) is 0.605. The predicted molar refractivity (Wildman–Crippen MR) is 128 cm³/mol. The Hall–Kier alpha value is -2.45. The number of carbonyl (C=O) groups is 2. The van der Waals surface area contributed by atoms with Crippen LogP contribution in [0.5, 0.6) is 5.75 Å². The van der Waals surface area contributed by atoms with E-state index in [1.165, 1.54) is 11.3 Å². The standard InChI is InChI=1S/C24H34N4O3S/c1-5-27(6-2)21(29)17-26-13-8-14-28(16-15-26)24(30)22-18(4)25-23(32-22)19-9-11-20(12-10-19)31-7-3/h9-12H,5-8,13-17H2,1-4H3. The van der Waals surface area contributed by atoms with E-state index in [4.69, 9.17) is 4.74 Å². The smallest absolute Gasteiger partial charge is 0.265 e. The first-order valence-electron chi connectivity index (χ1n) is 11.5. The van der Waals surface area contributed by atoms with Gasteiger partial charge in [-0.05, 0) is 58.4 Å². The molecule has 0 atom stereocenters. The topological polar surface area (TPSA) is 66.0 Å². The second kappa shape index (κ2) is 11.4. The number of ether oxygens (including phenoxy) is 1. The van der Waals surface area contributed by atoms with Crippen LogP contribution in [0.1, 0.15) is 42.6 Å². The summed E-state index contributed by atoms with van der Waals surface area (Å²) < 4.78 is 5.51. The number of hydrogen-bond donors (Lipinski definition) is 0. The highest BCUT2D eigenvalue weighted by atomic mass is 32.1. The lowest BCUT2D eigenvalue weighted by Gasteiger charge is -2.25. The average Bonchev–Trinajstić information content (AvgIpc) is 3.02. The van der Waals surface area contributed by atoms with Crippen molar-refractivity contribution in [1.29, 1.82) is 0 Å². The van der Waals surface area contributed by atoms with Crippen molar-refractivity contribution in [2.45, 2.75) is 34.1 Å². The molecule has 1 aromatic carbocycles. The first kappa shape index (κ1) is 24.2. The maximum absolute atomic E-state index is 13.3. The molecule has 174 valence electrons. The van der Waals surface area contributed by atoms with Gasteiger partial charge in [0, 0.05) is 44.8 Å². The molecule has 1 saturated heterocycles. The molecular weight excluding hydrogens is 424 g/mol. The molecule has 1 fully saturated rings. The van der Waals surface area contributed by atoms with Crippen LogP contribution in [0.2, 0.25) is 0 Å². The highest BCUT2D eigenvalue weighted by Crippen LogP contribution is 2.30. The van der Waals surface area contributed by atoms with Crippen LogP contribution in [0.15, 0.2) is 24.3 Å². The van der Waals surface area contributed by atoms with Crippen LogP contribution in [0.4, 0.5) is 0 Å². The van der Waals surface area contributed by atoms with E-state index in [2.05, 4.69) is 9.88 Å². The minimum atomic E-state index is 0.0362. The summed E-state index contributed by atoms with van der Waals surface area (Å²) in [4.78, 5) is 37.0. The van der Waals surface area contributed by atoms with Gasteiger partial charge in [-0.3, -0.25) is 14.5 Å². The lowest BCUT2D eigenvalue weighted by Crippen LogP contribution is -2.42. The zero-order valence-corrected chi connectivity index (χ0v) is 20.4. The van der Waals surface area contributed by atoms with Crippen LogP contribution < -0.4 is 4.74 Å². The maximum atomic E-state index is 13.3. The number of likely N-dealkylation sites (N-methyl/N-ethyl adjacent to an activating group) is 1. The highest BCUT2D eigenvalue weighted by Gasteiger charge is 2.25. The minimum absolute atomic E-state index is 0.0362. The van der Waals surface area contributed by atoms with Crippen LogP contribution in [0.25, 0.3) is 10.6 Å². The Morgan fingerprint density at radius 2 is 1.78 bits per heavy atom. The van der Waals surface area contributed by atoms with E-state index in [9.17, 15) is 9.59 Å². The van der Waals surface area contributed by atoms with Crippen LogP contribution in [0, 0.1) is 6.92 Å². The molecule has 0 N–H and O–H groups in total. The maximum Gasteiger partial charge on any atom is 0.265 e. The van der Waals surface area contributed by atoms with E-state index < -0.39 is 0 Å². The predicted octanol–water partition coefficient (Wildman–Crippen LogP) is 3.53. The van der Waals surface area contributed by atoms with E-state index in [1.807, 2.05) is 61.8 Å². The van der Waals surface area contributed by atoms with Gasteiger partial charge in [0.1, 0.15) is 15.6 Å². The van der Waals surface area contributed by atoms with Gasteiger partial charge in [0.25, 0.3) is 5.91 Å². The molecule has 0 aliphatic carbocycles. The third-order valence-electron chi connectivity index (χ3n) is 5.75. The molecule has 2 aromatic rings. The number of rotatable bonds is 8. The number of aryl methyl sites for hydroxylation is 1. The second-order valence-corrected chi connectivity index (χ2v) is 8.88. The summed E-state index contributed by atoms with van der Waals surface area (Å²) in [6.07, 6.45) is 0.862. The molecule has 0 spiro atoms. The Morgan fingerprint density at radius 1 is 1.06 bits per heavy atom. The molecule has 8 heteroatoms. The van der Waals surface area contributed by atoms with Crippen molar-refractivity contribution in [2.24, 2.45) is 0 Å². The van der Waals surface area contributed by atoms with Gasteiger partial charge in [-0.1, -0.05) is 0 Å². The molecule has 1 aliphatic heterocycles. The van der Waals surface area contributed by atoms with Crippen molar-refractivity contribution in [3.05, 3.63) is 34.8 Å². The second-order valence-electron chi connectivity index (χ2n) is 7.88. The zero-order chi connectivity index (χ0) is 23.1. The first-order chi connectivity index (χ1) is 15.5. The molecular formula is C24H34N4O3S. The summed E-state index contributed by atoms with van der Waals surface area (Å²) in [6.45, 7) is 13.2. The monoisotopic (exact) mass is 458 g/mol. The van der Waals surface area contributed by atoms with Crippen LogP contribution in [-0.2, 0) is 4.79 Å². The van der Waals surface area contributed by atoms with Gasteiger partial charge >= 0.3 is 0 Å². The van der Waals surface area contributed by atoms with Gasteiger partial charge in [0.2, 0.25) is 5.91 Å². The molecule has 32 heavy (non-hydrogen) atoms. The first-order valence-corrected chi connectivity index (χ1v) is 12.3. The molecule has 3 rings (SSSR count). The summed E-state index contributed by atoms with van der Waals surface area (Å²) in [6, 6.07) is 7.82. The fourth-order valence-electron chi connectivity index (χ4n) is 3.92. The van der Waals surface area contributed by atoms with E-state index in [0.717, 1.165) is 48.1 Å². The Bertz CT molecular complexity index is 908. The molecule has 1 aromatic heterocycles. The van der Waals surface area contributed by atoms with Crippen molar-refractivity contribution >= 4 is 23.2 Å². The zero-order valence-electron chi connectivity index (χ0n) is 19.6. The van der Waals surface area contributed by atoms with Gasteiger partial charge in [-0.15, -0.1) is 11.3 Å². The summed E-state index contributed by atoms with van der Waals surface area (Å²) in [5, 5.41) is 0.843. The third kappa shape index (κ3) is 5.86. The molecule has 0 saturated carbocycles. The Labute approximate surface area is 195 Å². The largest absolute Gasteiger partial charge is 0.494 e. The van der Waals surface area contributed by atoms with Crippen LogP contribution >= 0.6 is 11.3 Å². The van der Waals surface area contributed by atoms with Crippen LogP contribution in [0.3, 0.4) is 0 Å². The van der Waals surface area contributed by atoms with Crippen molar-refractivity contribution in [3.63, 3.8) is 0 Å². The number of benzene rings is 1. The number of hydrogen-bond acceptors (Lipinski definition) is 6. The highest BCUT2D eigenvalue weighted by molar-refractivity contribution is 7.17. The van der Waals surface area contributed by atoms with Gasteiger partial charge in [0.15, 0.2) is 0 Å². The summed E-state index contributed by atoms with van der Waals surface area (Å²) in [5.41, 5.74) is 1.75. The van der Waals surface area contributed by atoms with E-state index >= 15 is 0 Å². The van der Waals surface area contributed by atoms with Gasteiger partial charge in [-0.25, -0.2) is 4.98 Å². The molecule has 0 radical (unpaired) electrons. The fraction of sp³-hybridized carbons (Fsp3) is 0.542. The number of aromatic nitrogens is 1. The average molecular weight is 459 g/mol. The summed E-state index contributed by atoms with van der Waals surface area (Å²) >= 11 is 1.44. The Kier molecular flexibility index (Phi) is 8.64. The van der Waals surface area contributed by atoms with E-state index in [-0.39, 0.29) is 11.8 Å². The number of thiazole rings is 1. The van der Waals surface area contributed by atoms with Gasteiger partial charge in [0.05, 0.1) is 18.8 Å². The fourth-order valence-corrected chi connectivity index (χ4v) is 4.96. The normalized spacial score (nSPS) is 14.8. The summed E-state index contributed by atoms with van der Waals surface area (Å²) in [5.74, 6) is 1.02. The molecule has 2 amide bonds. The van der Waals surface area contributed by atoms with Gasteiger partial charge < -0.3 is 14.5 Å². The molecule has 0 unspecified atom stereocenters. The molecule has 7 nitrogen and oxygen atoms in total. The van der Waals surface area contributed by atoms with Crippen molar-refractivity contribution in [2.75, 3.05) is 52.4 Å². The number of amides is 2. The molecule has 1 aliphatic rings. The Balaban J connectivity index is 1.64. The SMILES string of the molecule is CCOc1ccc(-c2nc(C)c(C(=O)N3CCCN(CC(=O)N(CC)CC)CC3)s2)cc1. The van der Waals surface area contributed by atoms with Crippen LogP contribution in [-0.4, -0.2) is 83.9 Å². The van der Waals surface area contributed by atoms with E-state index in [0.29, 0.717) is 37.7 Å². The molecule has 0 bridgehead atoms. The lowest BCUT2D eigenvalue weighted by atomic mass is 10.2. The summed E-state index contributed by atoms with van der Waals surface area (Å²) in [7, 11) is 0. The minimum Gasteiger partial charge on any atom is -0.494 e. The van der Waals surface area contributed by atoms with Crippen molar-refractivity contribution < 1.29 is 14.3 Å². The number of nitrogens with zero attached hydrogens (tertiary/aromatic N) is 4. The Morgan fingerprint density at radius 3 is 2.44 bits per heavy atom. The molecule has 2 heterocycles. The lowest BCUT2D eigenvalue weighted by molar-refractivity contribution is -0.132.